The van der Waals surface area contributed by atoms with Gasteiger partial charge in [-0.05, 0) is 37.0 Å². The Kier molecular flexibility index (Phi) is 7.36. The molecule has 1 aromatic heterocycles. The van der Waals surface area contributed by atoms with E-state index in [1.807, 2.05) is 6.92 Å². The maximum absolute atomic E-state index is 13.0. The predicted molar refractivity (Wildman–Crippen MR) is 106 cm³/mol. The summed E-state index contributed by atoms with van der Waals surface area (Å²) in [5, 5.41) is 2.88. The van der Waals surface area contributed by atoms with Gasteiger partial charge in [-0.2, -0.15) is 13.2 Å². The van der Waals surface area contributed by atoms with Gasteiger partial charge in [0.05, 0.1) is 18.2 Å². The van der Waals surface area contributed by atoms with Gasteiger partial charge in [0.15, 0.2) is 0 Å². The second-order valence-electron chi connectivity index (χ2n) is 7.42. The van der Waals surface area contributed by atoms with Crippen molar-refractivity contribution in [3.63, 3.8) is 0 Å². The first kappa shape index (κ1) is 22.1. The van der Waals surface area contributed by atoms with E-state index in [0.717, 1.165) is 31.4 Å². The van der Waals surface area contributed by atoms with Gasteiger partial charge in [-0.25, -0.2) is 9.78 Å². The molecule has 0 aliphatic carbocycles. The van der Waals surface area contributed by atoms with Crippen molar-refractivity contribution in [1.82, 2.24) is 19.8 Å². The summed E-state index contributed by atoms with van der Waals surface area (Å²) < 4.78 is 46.4. The highest BCUT2D eigenvalue weighted by Gasteiger charge is 2.30. The van der Waals surface area contributed by atoms with Crippen LogP contribution in [0, 0.1) is 0 Å². The van der Waals surface area contributed by atoms with Crippen LogP contribution in [-0.4, -0.2) is 46.3 Å². The summed E-state index contributed by atoms with van der Waals surface area (Å²) in [4.78, 5) is 18.6. The van der Waals surface area contributed by atoms with E-state index in [1.54, 1.807) is 27.9 Å². The van der Waals surface area contributed by atoms with Crippen LogP contribution in [0.2, 0.25) is 0 Å². The molecule has 6 nitrogen and oxygen atoms in total. The number of hydrogen-bond acceptors (Lipinski definition) is 3. The van der Waals surface area contributed by atoms with Crippen LogP contribution in [0.4, 0.5) is 18.0 Å². The fourth-order valence-corrected chi connectivity index (χ4v) is 3.45. The first-order valence-corrected chi connectivity index (χ1v) is 10.2. The minimum Gasteiger partial charge on any atom is -0.376 e. The van der Waals surface area contributed by atoms with Gasteiger partial charge in [0.25, 0.3) is 0 Å². The maximum Gasteiger partial charge on any atom is 0.416 e. The Morgan fingerprint density at radius 2 is 2.23 bits per heavy atom. The summed E-state index contributed by atoms with van der Waals surface area (Å²) in [6.07, 6.45) is 1.60. The lowest BCUT2D eigenvalue weighted by Crippen LogP contribution is -2.44. The van der Waals surface area contributed by atoms with Gasteiger partial charge >= 0.3 is 12.2 Å². The number of imidazole rings is 1. The van der Waals surface area contributed by atoms with Gasteiger partial charge < -0.3 is 19.5 Å². The number of alkyl halides is 3. The van der Waals surface area contributed by atoms with E-state index < -0.39 is 11.7 Å². The summed E-state index contributed by atoms with van der Waals surface area (Å²) in [6, 6.07) is 5.05. The molecular weight excluding hydrogens is 397 g/mol. The molecule has 0 saturated carbocycles. The molecule has 1 saturated heterocycles. The van der Waals surface area contributed by atoms with Crippen LogP contribution in [0.25, 0.3) is 0 Å². The van der Waals surface area contributed by atoms with E-state index in [0.29, 0.717) is 31.1 Å². The zero-order chi connectivity index (χ0) is 21.6. The third kappa shape index (κ3) is 5.98. The van der Waals surface area contributed by atoms with Gasteiger partial charge in [-0.15, -0.1) is 0 Å². The molecule has 1 aliphatic heterocycles. The van der Waals surface area contributed by atoms with Crippen LogP contribution in [-0.2, 0) is 24.0 Å². The van der Waals surface area contributed by atoms with Crippen molar-refractivity contribution in [2.75, 3.05) is 19.7 Å². The minimum absolute atomic E-state index is 0.00995. The lowest BCUT2D eigenvalue weighted by Gasteiger charge is -2.26. The highest BCUT2D eigenvalue weighted by atomic mass is 19.4. The number of carbonyl (C=O) groups excluding carboxylic acids is 1. The molecule has 0 spiro atoms. The van der Waals surface area contributed by atoms with E-state index in [9.17, 15) is 18.0 Å². The molecule has 3 rings (SSSR count). The molecule has 164 valence electrons. The summed E-state index contributed by atoms with van der Waals surface area (Å²) in [6.45, 7) is 4.18. The second kappa shape index (κ2) is 9.97. The Hall–Kier alpha value is -2.55. The Labute approximate surface area is 174 Å². The quantitative estimate of drug-likeness (QED) is 0.696. The normalized spacial score (nSPS) is 16.6. The highest BCUT2D eigenvalue weighted by molar-refractivity contribution is 5.74. The largest absolute Gasteiger partial charge is 0.416 e. The molecule has 0 bridgehead atoms. The molecule has 2 aromatic rings. The van der Waals surface area contributed by atoms with Crippen molar-refractivity contribution in [2.45, 2.75) is 51.6 Å². The van der Waals surface area contributed by atoms with E-state index in [4.69, 9.17) is 4.74 Å². The molecule has 1 aromatic carbocycles. The van der Waals surface area contributed by atoms with Gasteiger partial charge in [0.2, 0.25) is 0 Å². The summed E-state index contributed by atoms with van der Waals surface area (Å²) in [5.74, 6) is 0.608. The van der Waals surface area contributed by atoms with Crippen molar-refractivity contribution in [2.24, 2.45) is 0 Å². The summed E-state index contributed by atoms with van der Waals surface area (Å²) in [7, 11) is 0. The van der Waals surface area contributed by atoms with Crippen LogP contribution in [0.3, 0.4) is 0 Å². The van der Waals surface area contributed by atoms with E-state index in [2.05, 4.69) is 10.3 Å². The molecule has 0 radical (unpaired) electrons. The Morgan fingerprint density at radius 1 is 1.40 bits per heavy atom. The van der Waals surface area contributed by atoms with Gasteiger partial charge in [-0.3, -0.25) is 0 Å². The van der Waals surface area contributed by atoms with Crippen molar-refractivity contribution in [1.29, 1.82) is 0 Å². The molecule has 1 atom stereocenters. The monoisotopic (exact) mass is 424 g/mol. The number of halogens is 3. The molecular formula is C21H27F3N4O2. The third-order valence-electron chi connectivity index (χ3n) is 5.00. The topological polar surface area (TPSA) is 59.4 Å². The number of nitrogens with one attached hydrogen (secondary N) is 1. The molecule has 1 unspecified atom stereocenters. The Balaban J connectivity index is 1.73. The van der Waals surface area contributed by atoms with Crippen molar-refractivity contribution in [3.05, 3.63) is 53.6 Å². The van der Waals surface area contributed by atoms with Gasteiger partial charge in [0.1, 0.15) is 5.82 Å². The van der Waals surface area contributed by atoms with Gasteiger partial charge in [-0.1, -0.05) is 19.1 Å². The number of benzene rings is 1. The van der Waals surface area contributed by atoms with E-state index in [-0.39, 0.29) is 25.2 Å². The van der Waals surface area contributed by atoms with Crippen molar-refractivity contribution < 1.29 is 22.7 Å². The first-order valence-electron chi connectivity index (χ1n) is 10.2. The zero-order valence-corrected chi connectivity index (χ0v) is 17.0. The van der Waals surface area contributed by atoms with Crippen molar-refractivity contribution in [3.8, 4) is 0 Å². The van der Waals surface area contributed by atoms with E-state index >= 15 is 0 Å². The standard InChI is InChI=1S/C21H27F3N4O2/c1-2-8-26-20(29)28(14-18-7-4-11-30-18)15-19-25-9-10-27(19)13-16-5-3-6-17(12-16)21(22,23)24/h3,5-6,9-10,12,18H,2,4,7-8,11,13-15H2,1H3,(H,26,29). The Morgan fingerprint density at radius 3 is 2.93 bits per heavy atom. The Bertz CT molecular complexity index is 832. The second-order valence-corrected chi connectivity index (χ2v) is 7.42. The summed E-state index contributed by atoms with van der Waals surface area (Å²) in [5.41, 5.74) is -0.161. The molecule has 1 fully saturated rings. The molecule has 2 amide bonds. The van der Waals surface area contributed by atoms with Crippen LogP contribution in [0.5, 0.6) is 0 Å². The predicted octanol–water partition coefficient (Wildman–Crippen LogP) is 4.05. The number of nitrogens with zero attached hydrogens (tertiary/aromatic N) is 3. The third-order valence-corrected chi connectivity index (χ3v) is 5.00. The summed E-state index contributed by atoms with van der Waals surface area (Å²) >= 11 is 0. The van der Waals surface area contributed by atoms with Crippen LogP contribution in [0.1, 0.15) is 43.1 Å². The van der Waals surface area contributed by atoms with Crippen molar-refractivity contribution >= 4 is 6.03 Å². The minimum atomic E-state index is -4.39. The lowest BCUT2D eigenvalue weighted by molar-refractivity contribution is -0.137. The number of hydrogen-bond donors (Lipinski definition) is 1. The maximum atomic E-state index is 13.0. The number of ether oxygens (including phenoxy) is 1. The van der Waals surface area contributed by atoms with Crippen LogP contribution in [0.15, 0.2) is 36.7 Å². The number of amides is 2. The van der Waals surface area contributed by atoms with E-state index in [1.165, 1.54) is 6.07 Å². The highest BCUT2D eigenvalue weighted by Crippen LogP contribution is 2.29. The molecule has 2 heterocycles. The zero-order valence-electron chi connectivity index (χ0n) is 17.0. The molecule has 30 heavy (non-hydrogen) atoms. The smallest absolute Gasteiger partial charge is 0.376 e. The first-order chi connectivity index (χ1) is 14.4. The van der Waals surface area contributed by atoms with Crippen LogP contribution >= 0.6 is 0 Å². The molecule has 1 aliphatic rings. The van der Waals surface area contributed by atoms with Crippen LogP contribution < -0.4 is 5.32 Å². The van der Waals surface area contributed by atoms with Gasteiger partial charge in [0, 0.05) is 38.6 Å². The molecule has 1 N–H and O–H groups in total. The number of carbonyl (C=O) groups is 1. The number of aromatic nitrogens is 2. The fraction of sp³-hybridized carbons (Fsp3) is 0.524. The SMILES string of the molecule is CCCNC(=O)N(Cc1nccn1Cc1cccc(C(F)(F)F)c1)CC1CCCO1. The average Bonchev–Trinajstić information content (AvgIpc) is 3.37. The fourth-order valence-electron chi connectivity index (χ4n) is 3.45. The number of rotatable bonds is 8. The number of urea groups is 1. The average molecular weight is 424 g/mol. The lowest BCUT2D eigenvalue weighted by atomic mass is 10.1. The molecule has 9 heteroatoms.